The molecule has 1 aromatic rings. The molecule has 0 saturated heterocycles. The molecule has 0 unspecified atom stereocenters. The highest BCUT2D eigenvalue weighted by Gasteiger charge is 2.23. The smallest absolute Gasteiger partial charge is 0.251 e. The average molecular weight is 239 g/mol. The molecule has 0 spiro atoms. The molecule has 1 amide bonds. The summed E-state index contributed by atoms with van der Waals surface area (Å²) >= 11 is 0. The summed E-state index contributed by atoms with van der Waals surface area (Å²) in [5.74, 6) is -0.198. The molecule has 0 atom stereocenters. The maximum absolute atomic E-state index is 11.5. The van der Waals surface area contributed by atoms with Crippen molar-refractivity contribution in [1.82, 2.24) is 5.32 Å². The highest BCUT2D eigenvalue weighted by molar-refractivity contribution is 7.93. The number of carbonyl (C=O) groups is 1. The number of rotatable bonds is 3. The van der Waals surface area contributed by atoms with E-state index in [-0.39, 0.29) is 16.8 Å². The lowest BCUT2D eigenvalue weighted by molar-refractivity contribution is 0.0951. The number of nitrogens with one attached hydrogen (secondary N) is 2. The molecule has 1 aliphatic rings. The second-order valence-electron chi connectivity index (χ2n) is 3.78. The Bertz CT molecular complexity index is 503. The van der Waals surface area contributed by atoms with Crippen LogP contribution in [0.2, 0.25) is 0 Å². The molecule has 6 heteroatoms. The topological polar surface area (TPSA) is 87.0 Å². The Labute approximate surface area is 93.7 Å². The molecule has 86 valence electrons. The van der Waals surface area contributed by atoms with Gasteiger partial charge < -0.3 is 10.5 Å². The van der Waals surface area contributed by atoms with Gasteiger partial charge in [0.15, 0.2) is 0 Å². The maximum Gasteiger partial charge on any atom is 0.251 e. The molecule has 0 bridgehead atoms. The van der Waals surface area contributed by atoms with Crippen molar-refractivity contribution in [3.05, 3.63) is 35.0 Å². The van der Waals surface area contributed by atoms with Gasteiger partial charge in [-0.25, -0.2) is 8.42 Å². The van der Waals surface area contributed by atoms with Crippen molar-refractivity contribution >= 4 is 15.9 Å². The highest BCUT2D eigenvalue weighted by atomic mass is 32.2. The van der Waals surface area contributed by atoms with E-state index in [1.54, 1.807) is 0 Å². The molecule has 0 aliphatic heterocycles. The predicted octanol–water partition coefficient (Wildman–Crippen LogP) is 1.32. The van der Waals surface area contributed by atoms with Gasteiger partial charge in [-0.05, 0) is 37.1 Å². The summed E-state index contributed by atoms with van der Waals surface area (Å²) in [6.45, 7) is 0. The molecule has 1 aromatic carbocycles. The minimum absolute atomic E-state index is 0.101. The molecule has 0 heterocycles. The quantitative estimate of drug-likeness (QED) is 0.862. The van der Waals surface area contributed by atoms with Crippen molar-refractivity contribution in [2.45, 2.75) is 23.8 Å². The summed E-state index contributed by atoms with van der Waals surface area (Å²) in [6, 6.07) is 5.64. The Kier molecular flexibility index (Phi) is 2.69. The van der Waals surface area contributed by atoms with E-state index in [4.69, 9.17) is 5.14 Å². The van der Waals surface area contributed by atoms with Crippen molar-refractivity contribution in [3.8, 4) is 0 Å². The first-order valence-electron chi connectivity index (χ1n) is 4.87. The standard InChI is InChI=1S/C10H12N2O3S/c11-16(14,15)9-5-1-7(2-6-9)10(13)12-8-3-4-8/h1-2,5-6,8H,3-4H2,(H3,11,12,13,14,15)/p-1. The van der Waals surface area contributed by atoms with E-state index in [2.05, 4.69) is 5.32 Å². The zero-order chi connectivity index (χ0) is 11.8. The van der Waals surface area contributed by atoms with Crippen LogP contribution in [0.1, 0.15) is 23.2 Å². The van der Waals surface area contributed by atoms with Crippen molar-refractivity contribution in [3.63, 3.8) is 0 Å². The molecule has 5 nitrogen and oxygen atoms in total. The molecule has 1 aliphatic carbocycles. The van der Waals surface area contributed by atoms with Gasteiger partial charge in [-0.15, -0.1) is 0 Å². The fraction of sp³-hybridized carbons (Fsp3) is 0.300. The Hall–Kier alpha value is -1.40. The lowest BCUT2D eigenvalue weighted by Gasteiger charge is -2.06. The van der Waals surface area contributed by atoms with Gasteiger partial charge in [0.1, 0.15) is 0 Å². The van der Waals surface area contributed by atoms with Crippen molar-refractivity contribution in [1.29, 1.82) is 0 Å². The minimum Gasteiger partial charge on any atom is -0.560 e. The van der Waals surface area contributed by atoms with Gasteiger partial charge in [0, 0.05) is 16.5 Å². The van der Waals surface area contributed by atoms with Crippen molar-refractivity contribution < 1.29 is 13.2 Å². The summed E-state index contributed by atoms with van der Waals surface area (Å²) < 4.78 is 21.7. The van der Waals surface area contributed by atoms with Gasteiger partial charge in [-0.2, -0.15) is 0 Å². The first kappa shape index (κ1) is 11.1. The number of benzene rings is 1. The minimum atomic E-state index is -3.94. The number of sulfonamides is 1. The lowest BCUT2D eigenvalue weighted by atomic mass is 10.2. The van der Waals surface area contributed by atoms with Crippen LogP contribution >= 0.6 is 0 Å². The maximum atomic E-state index is 11.5. The third kappa shape index (κ3) is 2.59. The first-order valence-corrected chi connectivity index (χ1v) is 6.36. The highest BCUT2D eigenvalue weighted by Crippen LogP contribution is 2.19. The van der Waals surface area contributed by atoms with E-state index in [1.807, 2.05) is 0 Å². The largest absolute Gasteiger partial charge is 0.560 e. The molecule has 2 N–H and O–H groups in total. The second-order valence-corrected chi connectivity index (χ2v) is 5.25. The first-order chi connectivity index (χ1) is 7.47. The van der Waals surface area contributed by atoms with Crippen LogP contribution < -0.4 is 5.32 Å². The summed E-state index contributed by atoms with van der Waals surface area (Å²) in [6.07, 6.45) is 2.01. The summed E-state index contributed by atoms with van der Waals surface area (Å²) in [7, 11) is -3.94. The molecule has 1 fully saturated rings. The SMILES string of the molecule is [NH-]S(=O)(=O)c1ccc(C(=O)NC2CC2)cc1. The van der Waals surface area contributed by atoms with Gasteiger partial charge in [-0.1, -0.05) is 0 Å². The van der Waals surface area contributed by atoms with E-state index in [0.717, 1.165) is 12.8 Å². The Morgan fingerprint density at radius 3 is 2.25 bits per heavy atom. The Morgan fingerprint density at radius 1 is 1.25 bits per heavy atom. The third-order valence-electron chi connectivity index (χ3n) is 2.34. The molecular weight excluding hydrogens is 228 g/mol. The van der Waals surface area contributed by atoms with Gasteiger partial charge in [0.25, 0.3) is 5.91 Å². The van der Waals surface area contributed by atoms with E-state index in [0.29, 0.717) is 5.56 Å². The summed E-state index contributed by atoms with van der Waals surface area (Å²) in [5.41, 5.74) is 0.416. The van der Waals surface area contributed by atoms with Crippen LogP contribution in [0.4, 0.5) is 0 Å². The lowest BCUT2D eigenvalue weighted by Crippen LogP contribution is -2.25. The van der Waals surface area contributed by atoms with Crippen LogP contribution in [0.15, 0.2) is 29.2 Å². The van der Waals surface area contributed by atoms with Gasteiger partial charge >= 0.3 is 0 Å². The van der Waals surface area contributed by atoms with Gasteiger partial charge in [0.2, 0.25) is 0 Å². The predicted molar refractivity (Wildman–Crippen MR) is 58.4 cm³/mol. The molecule has 16 heavy (non-hydrogen) atoms. The van der Waals surface area contributed by atoms with Crippen LogP contribution in [0.5, 0.6) is 0 Å². The zero-order valence-electron chi connectivity index (χ0n) is 8.43. The number of hydrogen-bond donors (Lipinski definition) is 1. The zero-order valence-corrected chi connectivity index (χ0v) is 9.25. The van der Waals surface area contributed by atoms with Gasteiger partial charge in [-0.3, -0.25) is 4.79 Å². The number of carbonyl (C=O) groups excluding carboxylic acids is 1. The summed E-state index contributed by atoms with van der Waals surface area (Å²) in [5, 5.41) is 9.64. The van der Waals surface area contributed by atoms with Crippen LogP contribution in [0, 0.1) is 0 Å². The Balaban J connectivity index is 2.15. The Morgan fingerprint density at radius 2 is 1.81 bits per heavy atom. The van der Waals surface area contributed by atoms with Crippen LogP contribution in [0.3, 0.4) is 0 Å². The van der Waals surface area contributed by atoms with Crippen molar-refractivity contribution in [2.24, 2.45) is 0 Å². The van der Waals surface area contributed by atoms with E-state index < -0.39 is 10.0 Å². The van der Waals surface area contributed by atoms with Crippen LogP contribution in [-0.4, -0.2) is 20.4 Å². The van der Waals surface area contributed by atoms with Gasteiger partial charge in [0.05, 0.1) is 10.0 Å². The summed E-state index contributed by atoms with van der Waals surface area (Å²) in [4.78, 5) is 11.4. The van der Waals surface area contributed by atoms with Crippen molar-refractivity contribution in [2.75, 3.05) is 0 Å². The molecule has 2 rings (SSSR count). The van der Waals surface area contributed by atoms with E-state index in [9.17, 15) is 13.2 Å². The van der Waals surface area contributed by atoms with E-state index in [1.165, 1.54) is 24.3 Å². The molecular formula is C10H11N2O3S-. The molecule has 0 radical (unpaired) electrons. The molecule has 0 aromatic heterocycles. The third-order valence-corrected chi connectivity index (χ3v) is 3.23. The second kappa shape index (κ2) is 3.88. The number of amides is 1. The van der Waals surface area contributed by atoms with E-state index >= 15 is 0 Å². The molecule has 1 saturated carbocycles. The normalized spacial score (nSPS) is 15.8. The average Bonchev–Trinajstić information content (AvgIpc) is 3.00. The fourth-order valence-corrected chi connectivity index (χ4v) is 1.78. The fourth-order valence-electron chi connectivity index (χ4n) is 1.28. The van der Waals surface area contributed by atoms with Crippen LogP contribution in [-0.2, 0) is 10.0 Å². The van der Waals surface area contributed by atoms with Crippen LogP contribution in [0.25, 0.3) is 5.14 Å². The number of hydrogen-bond acceptors (Lipinski definition) is 3. The monoisotopic (exact) mass is 239 g/mol.